The molecule has 1 atom stereocenters. The van der Waals surface area contributed by atoms with Gasteiger partial charge >= 0.3 is 0 Å². The molecule has 21 heavy (non-hydrogen) atoms. The number of rotatable bonds is 5. The molecule has 0 spiro atoms. The van der Waals surface area contributed by atoms with Gasteiger partial charge in [0, 0.05) is 11.5 Å². The van der Waals surface area contributed by atoms with Crippen LogP contribution in [0.2, 0.25) is 0 Å². The molecule has 0 fully saturated rings. The van der Waals surface area contributed by atoms with Crippen LogP contribution in [-0.2, 0) is 11.8 Å². The minimum Gasteiger partial charge on any atom is -0.316 e. The summed E-state index contributed by atoms with van der Waals surface area (Å²) in [5.41, 5.74) is 5.58. The van der Waals surface area contributed by atoms with E-state index in [4.69, 9.17) is 0 Å². The van der Waals surface area contributed by atoms with Crippen LogP contribution >= 0.6 is 0 Å². The summed E-state index contributed by atoms with van der Waals surface area (Å²) in [7, 11) is 2.07. The van der Waals surface area contributed by atoms with Gasteiger partial charge in [-0.25, -0.2) is 0 Å². The van der Waals surface area contributed by atoms with E-state index in [2.05, 4.69) is 88.6 Å². The third-order valence-corrected chi connectivity index (χ3v) is 4.46. The van der Waals surface area contributed by atoms with Gasteiger partial charge in [-0.2, -0.15) is 0 Å². The van der Waals surface area contributed by atoms with Crippen molar-refractivity contribution in [3.8, 4) is 0 Å². The molecule has 0 saturated heterocycles. The Hall–Kier alpha value is -1.60. The fraction of sp³-hybridized carbons (Fsp3) is 0.400. The Balaban J connectivity index is 2.27. The molecule has 112 valence electrons. The first kappa shape index (κ1) is 15.8. The smallest absolute Gasteiger partial charge is 0.0196 e. The first-order chi connectivity index (χ1) is 9.93. The van der Waals surface area contributed by atoms with Crippen molar-refractivity contribution in [2.75, 3.05) is 7.05 Å². The lowest BCUT2D eigenvalue weighted by Crippen LogP contribution is -2.44. The first-order valence-electron chi connectivity index (χ1n) is 7.73. The molecular weight excluding hydrogens is 254 g/mol. The summed E-state index contributed by atoms with van der Waals surface area (Å²) in [6, 6.07) is 18.0. The van der Waals surface area contributed by atoms with Crippen LogP contribution in [0.3, 0.4) is 0 Å². The Kier molecular flexibility index (Phi) is 4.84. The monoisotopic (exact) mass is 281 g/mol. The van der Waals surface area contributed by atoms with E-state index in [1.165, 1.54) is 22.3 Å². The van der Waals surface area contributed by atoms with Crippen molar-refractivity contribution in [3.05, 3.63) is 70.8 Å². The topological polar surface area (TPSA) is 12.0 Å². The van der Waals surface area contributed by atoms with E-state index in [1.807, 2.05) is 0 Å². The van der Waals surface area contributed by atoms with Crippen LogP contribution in [0.5, 0.6) is 0 Å². The van der Waals surface area contributed by atoms with E-state index in [9.17, 15) is 0 Å². The van der Waals surface area contributed by atoms with Crippen molar-refractivity contribution in [3.63, 3.8) is 0 Å². The summed E-state index contributed by atoms with van der Waals surface area (Å²) in [5.74, 6) is 0. The molecular formula is C20H27N. The van der Waals surface area contributed by atoms with E-state index >= 15 is 0 Å². The van der Waals surface area contributed by atoms with Crippen LogP contribution in [-0.4, -0.2) is 13.1 Å². The summed E-state index contributed by atoms with van der Waals surface area (Å²) in [6.45, 7) is 9.00. The van der Waals surface area contributed by atoms with E-state index in [-0.39, 0.29) is 5.41 Å². The van der Waals surface area contributed by atoms with Crippen LogP contribution in [0.15, 0.2) is 48.5 Å². The van der Waals surface area contributed by atoms with Crippen LogP contribution in [0.25, 0.3) is 0 Å². The van der Waals surface area contributed by atoms with Crippen molar-refractivity contribution in [1.82, 2.24) is 5.32 Å². The summed E-state index contributed by atoms with van der Waals surface area (Å²) in [6.07, 6.45) is 1.04. The number of aryl methyl sites for hydroxylation is 2. The van der Waals surface area contributed by atoms with Gasteiger partial charge in [0.2, 0.25) is 0 Å². The number of hydrogen-bond donors (Lipinski definition) is 1. The van der Waals surface area contributed by atoms with Gasteiger partial charge in [-0.3, -0.25) is 0 Å². The molecule has 2 rings (SSSR count). The maximum atomic E-state index is 3.53. The highest BCUT2D eigenvalue weighted by molar-refractivity contribution is 5.31. The van der Waals surface area contributed by atoms with Gasteiger partial charge in [0.15, 0.2) is 0 Å². The zero-order valence-electron chi connectivity index (χ0n) is 13.9. The molecule has 2 aromatic carbocycles. The maximum Gasteiger partial charge on any atom is 0.0196 e. The van der Waals surface area contributed by atoms with Crippen LogP contribution < -0.4 is 5.32 Å². The Bertz CT molecular complexity index is 564. The molecule has 0 heterocycles. The number of benzene rings is 2. The second-order valence-electron chi connectivity index (χ2n) is 6.63. The average molecular weight is 281 g/mol. The van der Waals surface area contributed by atoms with Crippen LogP contribution in [0.1, 0.15) is 36.1 Å². The van der Waals surface area contributed by atoms with Crippen molar-refractivity contribution < 1.29 is 0 Å². The quantitative estimate of drug-likeness (QED) is 0.856. The van der Waals surface area contributed by atoms with Gasteiger partial charge in [0.1, 0.15) is 0 Å². The van der Waals surface area contributed by atoms with Gasteiger partial charge in [0.05, 0.1) is 0 Å². The standard InChI is InChI=1S/C20H27N/c1-15-11-16(2)13-17(12-15)14-19(21-5)20(3,4)18-9-7-6-8-10-18/h6-13,19,21H,14H2,1-5H3. The lowest BCUT2D eigenvalue weighted by molar-refractivity contribution is 0.356. The summed E-state index contributed by atoms with van der Waals surface area (Å²) in [4.78, 5) is 0. The second-order valence-corrected chi connectivity index (χ2v) is 6.63. The second kappa shape index (κ2) is 6.44. The molecule has 0 amide bonds. The summed E-state index contributed by atoms with van der Waals surface area (Å²) in [5, 5.41) is 3.53. The van der Waals surface area contributed by atoms with Gasteiger partial charge in [-0.15, -0.1) is 0 Å². The van der Waals surface area contributed by atoms with Gasteiger partial charge in [-0.05, 0) is 38.4 Å². The molecule has 1 unspecified atom stereocenters. The number of hydrogen-bond acceptors (Lipinski definition) is 1. The molecule has 0 aromatic heterocycles. The molecule has 0 aliphatic rings. The van der Waals surface area contributed by atoms with E-state index in [0.29, 0.717) is 6.04 Å². The average Bonchev–Trinajstić information content (AvgIpc) is 2.44. The highest BCUT2D eigenvalue weighted by Crippen LogP contribution is 2.29. The fourth-order valence-corrected chi connectivity index (χ4v) is 3.21. The van der Waals surface area contributed by atoms with Crippen molar-refractivity contribution in [1.29, 1.82) is 0 Å². The Morgan fingerprint density at radius 2 is 1.52 bits per heavy atom. The molecule has 0 radical (unpaired) electrons. The van der Waals surface area contributed by atoms with Gasteiger partial charge < -0.3 is 5.32 Å². The molecule has 0 aliphatic heterocycles. The normalized spacial score (nSPS) is 13.2. The summed E-state index contributed by atoms with van der Waals surface area (Å²) >= 11 is 0. The van der Waals surface area contributed by atoms with Crippen molar-refractivity contribution in [2.24, 2.45) is 0 Å². The minimum absolute atomic E-state index is 0.0909. The molecule has 0 saturated carbocycles. The lowest BCUT2D eigenvalue weighted by atomic mass is 9.75. The Labute approximate surface area is 129 Å². The van der Waals surface area contributed by atoms with Gasteiger partial charge in [0.25, 0.3) is 0 Å². The first-order valence-corrected chi connectivity index (χ1v) is 7.73. The molecule has 0 aliphatic carbocycles. The van der Waals surface area contributed by atoms with Gasteiger partial charge in [-0.1, -0.05) is 73.5 Å². The molecule has 2 aromatic rings. The predicted molar refractivity (Wildman–Crippen MR) is 91.9 cm³/mol. The molecule has 0 bridgehead atoms. The Morgan fingerprint density at radius 1 is 0.952 bits per heavy atom. The van der Waals surface area contributed by atoms with E-state index in [1.54, 1.807) is 0 Å². The van der Waals surface area contributed by atoms with Crippen molar-refractivity contribution >= 4 is 0 Å². The Morgan fingerprint density at radius 3 is 2.05 bits per heavy atom. The number of likely N-dealkylation sites (N-methyl/N-ethyl adjacent to an activating group) is 1. The minimum atomic E-state index is 0.0909. The molecule has 1 N–H and O–H groups in total. The lowest BCUT2D eigenvalue weighted by Gasteiger charge is -2.35. The molecule has 1 nitrogen and oxygen atoms in total. The third-order valence-electron chi connectivity index (χ3n) is 4.46. The van der Waals surface area contributed by atoms with E-state index < -0.39 is 0 Å². The fourth-order valence-electron chi connectivity index (χ4n) is 3.21. The molecule has 1 heteroatoms. The number of nitrogens with one attached hydrogen (secondary N) is 1. The SMILES string of the molecule is CNC(Cc1cc(C)cc(C)c1)C(C)(C)c1ccccc1. The highest BCUT2D eigenvalue weighted by atomic mass is 14.9. The zero-order chi connectivity index (χ0) is 15.5. The maximum absolute atomic E-state index is 3.53. The van der Waals surface area contributed by atoms with Crippen molar-refractivity contribution in [2.45, 2.75) is 45.6 Å². The van der Waals surface area contributed by atoms with Crippen LogP contribution in [0.4, 0.5) is 0 Å². The predicted octanol–water partition coefficient (Wildman–Crippen LogP) is 4.41. The third kappa shape index (κ3) is 3.74. The highest BCUT2D eigenvalue weighted by Gasteiger charge is 2.30. The van der Waals surface area contributed by atoms with Crippen LogP contribution in [0, 0.1) is 13.8 Å². The zero-order valence-corrected chi connectivity index (χ0v) is 13.9. The largest absolute Gasteiger partial charge is 0.316 e. The summed E-state index contributed by atoms with van der Waals surface area (Å²) < 4.78 is 0. The van der Waals surface area contributed by atoms with E-state index in [0.717, 1.165) is 6.42 Å².